The molecule has 0 saturated carbocycles. The van der Waals surface area contributed by atoms with Gasteiger partial charge in [-0.1, -0.05) is 36.4 Å². The minimum Gasteiger partial charge on any atom is -0.352 e. The van der Waals surface area contributed by atoms with Crippen LogP contribution in [0, 0.1) is 6.92 Å². The van der Waals surface area contributed by atoms with Gasteiger partial charge in [-0.3, -0.25) is 9.59 Å². The monoisotopic (exact) mass is 263 g/mol. The number of allylic oxidation sites excluding steroid dienone is 2. The van der Waals surface area contributed by atoms with E-state index in [2.05, 4.69) is 5.32 Å². The minimum absolute atomic E-state index is 0.137. The molecule has 0 bridgehead atoms. The van der Waals surface area contributed by atoms with E-state index in [4.69, 9.17) is 0 Å². The van der Waals surface area contributed by atoms with E-state index in [0.717, 1.165) is 11.3 Å². The quantitative estimate of drug-likeness (QED) is 0.903. The predicted octanol–water partition coefficient (Wildman–Crippen LogP) is 3.37. The number of benzene rings is 2. The number of anilines is 1. The molecule has 0 spiro atoms. The number of carbonyl (C=O) groups excluding carboxylic acids is 2. The van der Waals surface area contributed by atoms with Crippen LogP contribution in [0.3, 0.4) is 0 Å². The van der Waals surface area contributed by atoms with Crippen molar-refractivity contribution in [3.63, 3.8) is 0 Å². The molecule has 20 heavy (non-hydrogen) atoms. The summed E-state index contributed by atoms with van der Waals surface area (Å²) in [6.07, 6.45) is 1.37. The Labute approximate surface area is 116 Å². The van der Waals surface area contributed by atoms with E-state index >= 15 is 0 Å². The van der Waals surface area contributed by atoms with E-state index in [-0.39, 0.29) is 11.6 Å². The third-order valence-electron chi connectivity index (χ3n) is 3.34. The first-order valence-corrected chi connectivity index (χ1v) is 6.39. The van der Waals surface area contributed by atoms with E-state index in [9.17, 15) is 9.59 Å². The van der Waals surface area contributed by atoms with Gasteiger partial charge in [0.15, 0.2) is 5.78 Å². The molecule has 3 heteroatoms. The normalized spacial score (nSPS) is 13.8. The summed E-state index contributed by atoms with van der Waals surface area (Å²) in [4.78, 5) is 24.6. The molecule has 0 heterocycles. The van der Waals surface area contributed by atoms with Crippen LogP contribution in [0.2, 0.25) is 0 Å². The number of hydrogen-bond acceptors (Lipinski definition) is 3. The topological polar surface area (TPSA) is 46.2 Å². The van der Waals surface area contributed by atoms with Crippen molar-refractivity contribution in [2.24, 2.45) is 0 Å². The lowest BCUT2D eigenvalue weighted by molar-refractivity contribution is 0.0985. The second-order valence-electron chi connectivity index (χ2n) is 4.74. The zero-order valence-electron chi connectivity index (χ0n) is 11.0. The molecule has 0 aliphatic heterocycles. The van der Waals surface area contributed by atoms with Crippen molar-refractivity contribution in [1.29, 1.82) is 0 Å². The van der Waals surface area contributed by atoms with Gasteiger partial charge in [-0.05, 0) is 24.6 Å². The number of Topliss-reactive ketones (excluding diaryl/α,β-unsaturated/α-hetero) is 1. The number of ketones is 2. The zero-order valence-corrected chi connectivity index (χ0v) is 11.0. The van der Waals surface area contributed by atoms with Crippen LogP contribution >= 0.6 is 0 Å². The van der Waals surface area contributed by atoms with E-state index in [0.29, 0.717) is 16.8 Å². The van der Waals surface area contributed by atoms with Gasteiger partial charge in [0.25, 0.3) is 0 Å². The Morgan fingerprint density at radius 1 is 0.900 bits per heavy atom. The fourth-order valence-corrected chi connectivity index (χ4v) is 2.35. The third-order valence-corrected chi connectivity index (χ3v) is 3.34. The second kappa shape index (κ2) is 4.78. The highest BCUT2D eigenvalue weighted by Gasteiger charge is 2.26. The Morgan fingerprint density at radius 2 is 1.65 bits per heavy atom. The maximum absolute atomic E-state index is 12.5. The SMILES string of the molecule is Cc1cccc2c1C(=O)C(Nc1ccccc1)=CC2=O. The van der Waals surface area contributed by atoms with Crippen LogP contribution in [0.4, 0.5) is 5.69 Å². The van der Waals surface area contributed by atoms with Gasteiger partial charge in [-0.15, -0.1) is 0 Å². The standard InChI is InChI=1S/C17H13NO2/c1-11-6-5-9-13-15(19)10-14(17(20)16(11)13)18-12-7-3-2-4-8-12/h2-10,18H,1H3. The Morgan fingerprint density at radius 3 is 2.40 bits per heavy atom. The van der Waals surface area contributed by atoms with Gasteiger partial charge in [0.1, 0.15) is 0 Å². The predicted molar refractivity (Wildman–Crippen MR) is 78.0 cm³/mol. The van der Waals surface area contributed by atoms with Gasteiger partial charge in [0, 0.05) is 22.9 Å². The van der Waals surface area contributed by atoms with Gasteiger partial charge in [-0.25, -0.2) is 0 Å². The van der Waals surface area contributed by atoms with Crippen molar-refractivity contribution in [2.75, 3.05) is 5.32 Å². The van der Waals surface area contributed by atoms with Gasteiger partial charge in [0.05, 0.1) is 5.70 Å². The van der Waals surface area contributed by atoms with Crippen LogP contribution in [0.5, 0.6) is 0 Å². The summed E-state index contributed by atoms with van der Waals surface area (Å²) in [5.74, 6) is -0.275. The molecule has 0 fully saturated rings. The lowest BCUT2D eigenvalue weighted by Gasteiger charge is -2.18. The number of hydrogen-bond donors (Lipinski definition) is 1. The van der Waals surface area contributed by atoms with Gasteiger partial charge >= 0.3 is 0 Å². The number of para-hydroxylation sites is 1. The smallest absolute Gasteiger partial charge is 0.210 e. The van der Waals surface area contributed by atoms with E-state index in [1.807, 2.05) is 43.3 Å². The Kier molecular flexibility index (Phi) is 2.95. The molecular formula is C17H13NO2. The van der Waals surface area contributed by atoms with Gasteiger partial charge in [0.2, 0.25) is 5.78 Å². The molecule has 1 aliphatic rings. The summed E-state index contributed by atoms with van der Waals surface area (Å²) in [6.45, 7) is 1.84. The van der Waals surface area contributed by atoms with Gasteiger partial charge < -0.3 is 5.32 Å². The van der Waals surface area contributed by atoms with Crippen LogP contribution in [0.15, 0.2) is 60.3 Å². The van der Waals surface area contributed by atoms with Crippen LogP contribution in [-0.4, -0.2) is 11.6 Å². The number of carbonyl (C=O) groups is 2. The van der Waals surface area contributed by atoms with E-state index < -0.39 is 0 Å². The van der Waals surface area contributed by atoms with Crippen LogP contribution in [0.25, 0.3) is 0 Å². The molecular weight excluding hydrogens is 250 g/mol. The average Bonchev–Trinajstić information content (AvgIpc) is 2.45. The molecule has 3 rings (SSSR count). The number of aryl methyl sites for hydroxylation is 1. The highest BCUT2D eigenvalue weighted by molar-refractivity contribution is 6.25. The first-order chi connectivity index (χ1) is 9.66. The van der Waals surface area contributed by atoms with Crippen LogP contribution < -0.4 is 5.32 Å². The maximum atomic E-state index is 12.5. The third kappa shape index (κ3) is 2.03. The Hall–Kier alpha value is -2.68. The van der Waals surface area contributed by atoms with Gasteiger partial charge in [-0.2, -0.15) is 0 Å². The highest BCUT2D eigenvalue weighted by Crippen LogP contribution is 2.25. The van der Waals surface area contributed by atoms with Crippen molar-refractivity contribution in [3.05, 3.63) is 77.0 Å². The fourth-order valence-electron chi connectivity index (χ4n) is 2.35. The molecule has 1 aliphatic carbocycles. The average molecular weight is 263 g/mol. The van der Waals surface area contributed by atoms with Crippen LogP contribution in [-0.2, 0) is 0 Å². The van der Waals surface area contributed by atoms with Crippen molar-refractivity contribution in [3.8, 4) is 0 Å². The molecule has 0 radical (unpaired) electrons. The number of rotatable bonds is 2. The fraction of sp³-hybridized carbons (Fsp3) is 0.0588. The first kappa shape index (κ1) is 12.4. The highest BCUT2D eigenvalue weighted by atomic mass is 16.1. The molecule has 98 valence electrons. The summed E-state index contributed by atoms with van der Waals surface area (Å²) >= 11 is 0. The first-order valence-electron chi connectivity index (χ1n) is 6.39. The molecule has 0 saturated heterocycles. The summed E-state index contributed by atoms with van der Waals surface area (Å²) in [6, 6.07) is 14.7. The molecule has 0 amide bonds. The molecule has 0 atom stereocenters. The summed E-state index contributed by atoms with van der Waals surface area (Å²) in [7, 11) is 0. The summed E-state index contributed by atoms with van der Waals surface area (Å²) < 4.78 is 0. The summed E-state index contributed by atoms with van der Waals surface area (Å²) in [5.41, 5.74) is 2.91. The lowest BCUT2D eigenvalue weighted by atomic mass is 9.89. The minimum atomic E-state index is -0.137. The maximum Gasteiger partial charge on any atom is 0.210 e. The van der Waals surface area contributed by atoms with Crippen molar-refractivity contribution in [2.45, 2.75) is 6.92 Å². The Bertz CT molecular complexity index is 730. The van der Waals surface area contributed by atoms with E-state index in [1.165, 1.54) is 6.08 Å². The summed E-state index contributed by atoms with van der Waals surface area (Å²) in [5, 5.41) is 3.02. The largest absolute Gasteiger partial charge is 0.352 e. The van der Waals surface area contributed by atoms with Crippen molar-refractivity contribution < 1.29 is 9.59 Å². The van der Waals surface area contributed by atoms with Crippen molar-refractivity contribution in [1.82, 2.24) is 0 Å². The number of nitrogens with one attached hydrogen (secondary N) is 1. The van der Waals surface area contributed by atoms with E-state index in [1.54, 1.807) is 12.1 Å². The molecule has 0 unspecified atom stereocenters. The number of fused-ring (bicyclic) bond motifs is 1. The molecule has 3 nitrogen and oxygen atoms in total. The lowest BCUT2D eigenvalue weighted by Crippen LogP contribution is -2.22. The Balaban J connectivity index is 2.02. The zero-order chi connectivity index (χ0) is 14.1. The molecule has 2 aromatic carbocycles. The second-order valence-corrected chi connectivity index (χ2v) is 4.74. The van der Waals surface area contributed by atoms with Crippen LogP contribution in [0.1, 0.15) is 26.3 Å². The van der Waals surface area contributed by atoms with Crippen molar-refractivity contribution >= 4 is 17.3 Å². The molecule has 0 aromatic heterocycles. The molecule has 2 aromatic rings. The molecule has 1 N–H and O–H groups in total.